The van der Waals surface area contributed by atoms with Crippen LogP contribution in [0.2, 0.25) is 5.02 Å². The van der Waals surface area contributed by atoms with Gasteiger partial charge in [-0.1, -0.05) is 23.7 Å². The van der Waals surface area contributed by atoms with Crippen LogP contribution in [-0.4, -0.2) is 11.6 Å². The molecule has 0 unspecified atom stereocenters. The fourth-order valence-electron chi connectivity index (χ4n) is 2.50. The van der Waals surface area contributed by atoms with Crippen molar-refractivity contribution in [3.8, 4) is 11.8 Å². The van der Waals surface area contributed by atoms with Gasteiger partial charge >= 0.3 is 0 Å². The van der Waals surface area contributed by atoms with Gasteiger partial charge in [0, 0.05) is 23.2 Å². The van der Waals surface area contributed by atoms with Crippen molar-refractivity contribution < 1.29 is 4.74 Å². The topological polar surface area (TPSA) is 57.9 Å². The Balaban J connectivity index is 0.00000225. The van der Waals surface area contributed by atoms with E-state index in [0.29, 0.717) is 23.7 Å². The van der Waals surface area contributed by atoms with Crippen LogP contribution in [0.25, 0.3) is 10.9 Å². The van der Waals surface area contributed by atoms with Crippen LogP contribution < -0.4 is 10.1 Å². The molecule has 1 heterocycles. The first-order chi connectivity index (χ1) is 11.7. The van der Waals surface area contributed by atoms with Crippen molar-refractivity contribution in [3.63, 3.8) is 0 Å². The molecule has 0 aliphatic carbocycles. The van der Waals surface area contributed by atoms with E-state index in [0.717, 1.165) is 27.9 Å². The summed E-state index contributed by atoms with van der Waals surface area (Å²) in [6.45, 7) is 3.11. The van der Waals surface area contributed by atoms with Crippen molar-refractivity contribution in [1.82, 2.24) is 4.98 Å². The summed E-state index contributed by atoms with van der Waals surface area (Å²) >= 11 is 5.92. The van der Waals surface area contributed by atoms with Gasteiger partial charge in [0.25, 0.3) is 0 Å². The zero-order valence-corrected chi connectivity index (χ0v) is 15.2. The smallest absolute Gasteiger partial charge is 0.120 e. The maximum Gasteiger partial charge on any atom is 0.120 e. The molecule has 0 saturated heterocycles. The van der Waals surface area contributed by atoms with Gasteiger partial charge in [0.05, 0.1) is 23.4 Å². The highest BCUT2D eigenvalue weighted by Crippen LogP contribution is 2.29. The summed E-state index contributed by atoms with van der Waals surface area (Å²) in [6, 6.07) is 15.5. The summed E-state index contributed by atoms with van der Waals surface area (Å²) in [5.74, 6) is 0.761. The number of ether oxygens (including phenoxy) is 1. The van der Waals surface area contributed by atoms with E-state index in [1.54, 1.807) is 6.20 Å². The molecular weight excluding hydrogens is 357 g/mol. The fourth-order valence-corrected chi connectivity index (χ4v) is 2.62. The van der Waals surface area contributed by atoms with Crippen LogP contribution in [0, 0.1) is 11.3 Å². The lowest BCUT2D eigenvalue weighted by Gasteiger charge is -2.13. The number of nitriles is 1. The SMILES string of the molecule is CCOc1ccc2ncc(C#N)c(NCc3ccc(Cl)cc3)c2c1.Cl. The number of pyridine rings is 1. The Bertz CT molecular complexity index is 905. The van der Waals surface area contributed by atoms with Gasteiger partial charge in [-0.25, -0.2) is 0 Å². The molecule has 0 saturated carbocycles. The van der Waals surface area contributed by atoms with Crippen molar-refractivity contribution >= 4 is 40.6 Å². The van der Waals surface area contributed by atoms with E-state index in [-0.39, 0.29) is 12.4 Å². The minimum absolute atomic E-state index is 0. The van der Waals surface area contributed by atoms with Crippen LogP contribution in [0.1, 0.15) is 18.1 Å². The van der Waals surface area contributed by atoms with E-state index in [9.17, 15) is 5.26 Å². The Morgan fingerprint density at radius 3 is 2.64 bits per heavy atom. The zero-order valence-electron chi connectivity index (χ0n) is 13.6. The molecule has 0 atom stereocenters. The number of nitrogens with one attached hydrogen (secondary N) is 1. The second-order valence-corrected chi connectivity index (χ2v) is 5.69. The van der Waals surface area contributed by atoms with Crippen LogP contribution in [-0.2, 0) is 6.54 Å². The Hall–Kier alpha value is -2.48. The lowest BCUT2D eigenvalue weighted by atomic mass is 10.1. The quantitative estimate of drug-likeness (QED) is 0.668. The molecule has 4 nitrogen and oxygen atoms in total. The van der Waals surface area contributed by atoms with E-state index < -0.39 is 0 Å². The average Bonchev–Trinajstić information content (AvgIpc) is 2.61. The standard InChI is InChI=1S/C19H16ClN3O.ClH/c1-2-24-16-7-8-18-17(9-16)19(14(10-21)12-22-18)23-11-13-3-5-15(20)6-4-13;/h3-9,12H,2,11H2,1H3,(H,22,23);1H. The van der Waals surface area contributed by atoms with Gasteiger partial charge in [0.2, 0.25) is 0 Å². The summed E-state index contributed by atoms with van der Waals surface area (Å²) in [6.07, 6.45) is 1.59. The molecule has 0 aliphatic heterocycles. The van der Waals surface area contributed by atoms with Crippen LogP contribution >= 0.6 is 24.0 Å². The van der Waals surface area contributed by atoms with Gasteiger partial charge in [0.15, 0.2) is 0 Å². The van der Waals surface area contributed by atoms with Crippen molar-refractivity contribution in [2.45, 2.75) is 13.5 Å². The highest BCUT2D eigenvalue weighted by atomic mass is 35.5. The summed E-state index contributed by atoms with van der Waals surface area (Å²) < 4.78 is 5.57. The van der Waals surface area contributed by atoms with E-state index in [2.05, 4.69) is 16.4 Å². The predicted molar refractivity (Wildman–Crippen MR) is 104 cm³/mol. The number of hydrogen-bond donors (Lipinski definition) is 1. The van der Waals surface area contributed by atoms with Crippen LogP contribution in [0.15, 0.2) is 48.7 Å². The van der Waals surface area contributed by atoms with Gasteiger partial charge in [-0.2, -0.15) is 5.26 Å². The molecule has 128 valence electrons. The maximum atomic E-state index is 9.41. The van der Waals surface area contributed by atoms with E-state index in [1.807, 2.05) is 49.4 Å². The van der Waals surface area contributed by atoms with Gasteiger partial charge in [-0.3, -0.25) is 4.98 Å². The van der Waals surface area contributed by atoms with Gasteiger partial charge < -0.3 is 10.1 Å². The van der Waals surface area contributed by atoms with E-state index >= 15 is 0 Å². The largest absolute Gasteiger partial charge is 0.494 e. The number of nitrogens with zero attached hydrogens (tertiary/aromatic N) is 2. The number of benzene rings is 2. The maximum absolute atomic E-state index is 9.41. The molecule has 1 aromatic heterocycles. The minimum atomic E-state index is 0. The van der Waals surface area contributed by atoms with Crippen molar-refractivity contribution in [2.24, 2.45) is 0 Å². The number of anilines is 1. The van der Waals surface area contributed by atoms with Crippen LogP contribution in [0.4, 0.5) is 5.69 Å². The highest BCUT2D eigenvalue weighted by Gasteiger charge is 2.10. The Morgan fingerprint density at radius 2 is 1.96 bits per heavy atom. The molecular formula is C19H17Cl2N3O. The molecule has 3 rings (SSSR count). The van der Waals surface area contributed by atoms with Crippen molar-refractivity contribution in [2.75, 3.05) is 11.9 Å². The second-order valence-electron chi connectivity index (χ2n) is 5.25. The van der Waals surface area contributed by atoms with Crippen LogP contribution in [0.5, 0.6) is 5.75 Å². The van der Waals surface area contributed by atoms with Crippen LogP contribution in [0.3, 0.4) is 0 Å². The molecule has 0 bridgehead atoms. The molecule has 0 aliphatic rings. The summed E-state index contributed by atoms with van der Waals surface area (Å²) in [7, 11) is 0. The molecule has 25 heavy (non-hydrogen) atoms. The van der Waals surface area contributed by atoms with Crippen molar-refractivity contribution in [1.29, 1.82) is 5.26 Å². The summed E-state index contributed by atoms with van der Waals surface area (Å²) in [5, 5.41) is 14.3. The van der Waals surface area contributed by atoms with Gasteiger partial charge in [-0.15, -0.1) is 12.4 Å². The Labute approximate surface area is 157 Å². The van der Waals surface area contributed by atoms with E-state index in [4.69, 9.17) is 16.3 Å². The summed E-state index contributed by atoms with van der Waals surface area (Å²) in [5.41, 5.74) is 3.16. The second kappa shape index (κ2) is 8.57. The minimum Gasteiger partial charge on any atom is -0.494 e. The zero-order chi connectivity index (χ0) is 16.9. The number of halogens is 2. The molecule has 3 aromatic rings. The third-order valence-corrected chi connectivity index (χ3v) is 3.91. The monoisotopic (exact) mass is 373 g/mol. The lowest BCUT2D eigenvalue weighted by Crippen LogP contribution is -2.03. The molecule has 6 heteroatoms. The first kappa shape index (κ1) is 18.9. The summed E-state index contributed by atoms with van der Waals surface area (Å²) in [4.78, 5) is 4.34. The lowest BCUT2D eigenvalue weighted by molar-refractivity contribution is 0.340. The molecule has 1 N–H and O–H groups in total. The number of rotatable bonds is 5. The molecule has 0 fully saturated rings. The molecule has 0 spiro atoms. The first-order valence-electron chi connectivity index (χ1n) is 7.65. The average molecular weight is 374 g/mol. The third kappa shape index (κ3) is 4.33. The molecule has 2 aromatic carbocycles. The predicted octanol–water partition coefficient (Wildman–Crippen LogP) is 5.19. The normalized spacial score (nSPS) is 9.96. The molecule has 0 radical (unpaired) electrons. The number of aromatic nitrogens is 1. The van der Waals surface area contributed by atoms with Crippen molar-refractivity contribution in [3.05, 3.63) is 64.8 Å². The molecule has 0 amide bonds. The van der Waals surface area contributed by atoms with Gasteiger partial charge in [0.1, 0.15) is 11.8 Å². The Kier molecular flexibility index (Phi) is 6.46. The number of fused-ring (bicyclic) bond motifs is 1. The highest BCUT2D eigenvalue weighted by molar-refractivity contribution is 6.30. The Morgan fingerprint density at radius 1 is 1.20 bits per heavy atom. The van der Waals surface area contributed by atoms with Gasteiger partial charge in [-0.05, 0) is 42.8 Å². The third-order valence-electron chi connectivity index (χ3n) is 3.65. The fraction of sp³-hybridized carbons (Fsp3) is 0.158. The first-order valence-corrected chi connectivity index (χ1v) is 8.03. The number of hydrogen-bond acceptors (Lipinski definition) is 4. The van der Waals surface area contributed by atoms with E-state index in [1.165, 1.54) is 0 Å².